The predicted molar refractivity (Wildman–Crippen MR) is 52.3 cm³/mol. The van der Waals surface area contributed by atoms with E-state index in [0.717, 1.165) is 6.29 Å². The third-order valence-corrected chi connectivity index (χ3v) is 3.64. The molecule has 2 saturated heterocycles. The first-order valence-electron chi connectivity index (χ1n) is 5.46. The van der Waals surface area contributed by atoms with Crippen molar-refractivity contribution in [3.63, 3.8) is 0 Å². The van der Waals surface area contributed by atoms with E-state index in [2.05, 4.69) is 0 Å². The number of carbonyl (C=O) groups excluding carboxylic acids is 2. The van der Waals surface area contributed by atoms with Gasteiger partial charge in [-0.1, -0.05) is 13.8 Å². The minimum Gasteiger partial charge on any atom is -0.456 e. The molecule has 4 nitrogen and oxygen atoms in total. The number of aldehydes is 1. The summed E-state index contributed by atoms with van der Waals surface area (Å²) in [5.74, 6) is -0.211. The fraction of sp³-hybridized carbons (Fsp3) is 0.818. The largest absolute Gasteiger partial charge is 0.456 e. The SMILES string of the molecule is CCC1(C=O)C[C@@]2(CC)OC(=O)C[C@H]2O1. The van der Waals surface area contributed by atoms with E-state index >= 15 is 0 Å². The van der Waals surface area contributed by atoms with Crippen LogP contribution < -0.4 is 0 Å². The van der Waals surface area contributed by atoms with Crippen LogP contribution >= 0.6 is 0 Å². The molecule has 0 amide bonds. The van der Waals surface area contributed by atoms with E-state index in [0.29, 0.717) is 19.3 Å². The molecule has 84 valence electrons. The van der Waals surface area contributed by atoms with Gasteiger partial charge in [0, 0.05) is 6.42 Å². The maximum Gasteiger partial charge on any atom is 0.309 e. The number of hydrogen-bond donors (Lipinski definition) is 0. The average Bonchev–Trinajstić information content (AvgIpc) is 2.68. The zero-order chi connectivity index (χ0) is 11.1. The predicted octanol–water partition coefficient (Wildman–Crippen LogP) is 1.22. The number of ether oxygens (including phenoxy) is 2. The molecule has 2 heterocycles. The van der Waals surface area contributed by atoms with E-state index in [1.54, 1.807) is 0 Å². The summed E-state index contributed by atoms with van der Waals surface area (Å²) in [4.78, 5) is 22.3. The van der Waals surface area contributed by atoms with Crippen molar-refractivity contribution in [3.8, 4) is 0 Å². The van der Waals surface area contributed by atoms with Gasteiger partial charge in [-0.15, -0.1) is 0 Å². The number of hydrogen-bond acceptors (Lipinski definition) is 4. The highest BCUT2D eigenvalue weighted by Gasteiger charge is 2.60. The minimum atomic E-state index is -0.735. The Hall–Kier alpha value is -0.900. The fourth-order valence-electron chi connectivity index (χ4n) is 2.59. The molecule has 0 saturated carbocycles. The van der Waals surface area contributed by atoms with Gasteiger partial charge in [-0.25, -0.2) is 0 Å². The Labute approximate surface area is 88.9 Å². The van der Waals surface area contributed by atoms with Crippen LogP contribution in [0.4, 0.5) is 0 Å². The highest BCUT2D eigenvalue weighted by atomic mass is 16.6. The first kappa shape index (κ1) is 10.6. The second-order valence-electron chi connectivity index (χ2n) is 4.42. The Morgan fingerprint density at radius 1 is 1.47 bits per heavy atom. The fourth-order valence-corrected chi connectivity index (χ4v) is 2.59. The van der Waals surface area contributed by atoms with Gasteiger partial charge in [-0.05, 0) is 12.8 Å². The summed E-state index contributed by atoms with van der Waals surface area (Å²) in [6.07, 6.45) is 2.75. The number of rotatable bonds is 3. The molecular weight excluding hydrogens is 196 g/mol. The van der Waals surface area contributed by atoms with Crippen LogP contribution in [0.3, 0.4) is 0 Å². The smallest absolute Gasteiger partial charge is 0.309 e. The lowest BCUT2D eigenvalue weighted by atomic mass is 9.85. The molecule has 0 aromatic heterocycles. The normalized spacial score (nSPS) is 43.9. The summed E-state index contributed by atoms with van der Waals surface area (Å²) < 4.78 is 11.1. The van der Waals surface area contributed by atoms with Crippen molar-refractivity contribution < 1.29 is 19.1 Å². The van der Waals surface area contributed by atoms with E-state index < -0.39 is 11.2 Å². The first-order chi connectivity index (χ1) is 7.10. The van der Waals surface area contributed by atoms with Crippen LogP contribution in [-0.2, 0) is 19.1 Å². The van der Waals surface area contributed by atoms with Crippen molar-refractivity contribution in [2.24, 2.45) is 0 Å². The molecule has 0 aromatic carbocycles. The molecule has 3 atom stereocenters. The summed E-state index contributed by atoms with van der Waals surface area (Å²) in [7, 11) is 0. The summed E-state index contributed by atoms with van der Waals surface area (Å²) in [5.41, 5.74) is -1.28. The van der Waals surface area contributed by atoms with Gasteiger partial charge in [0.25, 0.3) is 0 Å². The van der Waals surface area contributed by atoms with Gasteiger partial charge in [-0.2, -0.15) is 0 Å². The number of esters is 1. The molecule has 0 aromatic rings. The van der Waals surface area contributed by atoms with Gasteiger partial charge in [0.1, 0.15) is 17.3 Å². The maximum atomic E-state index is 11.2. The van der Waals surface area contributed by atoms with Crippen molar-refractivity contribution in [2.45, 2.75) is 56.8 Å². The topological polar surface area (TPSA) is 52.6 Å². The van der Waals surface area contributed by atoms with E-state index in [1.165, 1.54) is 0 Å². The molecule has 0 aliphatic carbocycles. The Kier molecular flexibility index (Phi) is 2.34. The molecule has 1 unspecified atom stereocenters. The van der Waals surface area contributed by atoms with Crippen molar-refractivity contribution in [1.29, 1.82) is 0 Å². The summed E-state index contributed by atoms with van der Waals surface area (Å²) in [5, 5.41) is 0. The lowest BCUT2D eigenvalue weighted by Gasteiger charge is -2.25. The van der Waals surface area contributed by atoms with Gasteiger partial charge in [-0.3, -0.25) is 4.79 Å². The summed E-state index contributed by atoms with van der Waals surface area (Å²) in [6, 6.07) is 0. The molecule has 2 aliphatic rings. The monoisotopic (exact) mass is 212 g/mol. The van der Waals surface area contributed by atoms with Crippen molar-refractivity contribution in [3.05, 3.63) is 0 Å². The zero-order valence-electron chi connectivity index (χ0n) is 9.12. The Balaban J connectivity index is 2.27. The molecule has 0 N–H and O–H groups in total. The minimum absolute atomic E-state index is 0.211. The quantitative estimate of drug-likeness (QED) is 0.521. The summed E-state index contributed by atoms with van der Waals surface area (Å²) in [6.45, 7) is 3.88. The number of carbonyl (C=O) groups is 2. The molecule has 0 bridgehead atoms. The van der Waals surface area contributed by atoms with Gasteiger partial charge in [0.15, 0.2) is 6.29 Å². The van der Waals surface area contributed by atoms with E-state index in [1.807, 2.05) is 13.8 Å². The molecule has 15 heavy (non-hydrogen) atoms. The number of fused-ring (bicyclic) bond motifs is 1. The molecule has 2 fully saturated rings. The maximum absolute atomic E-state index is 11.2. The average molecular weight is 212 g/mol. The second-order valence-corrected chi connectivity index (χ2v) is 4.42. The molecule has 0 radical (unpaired) electrons. The van der Waals surface area contributed by atoms with Crippen molar-refractivity contribution in [2.75, 3.05) is 0 Å². The van der Waals surface area contributed by atoms with E-state index in [-0.39, 0.29) is 18.5 Å². The van der Waals surface area contributed by atoms with Crippen LogP contribution in [0.25, 0.3) is 0 Å². The van der Waals surface area contributed by atoms with Crippen LogP contribution in [0.2, 0.25) is 0 Å². The van der Waals surface area contributed by atoms with Crippen LogP contribution in [-0.4, -0.2) is 29.6 Å². The molecule has 0 spiro atoms. The molecule has 2 rings (SSSR count). The van der Waals surface area contributed by atoms with Gasteiger partial charge < -0.3 is 14.3 Å². The Bertz CT molecular complexity index is 301. The Morgan fingerprint density at radius 2 is 2.20 bits per heavy atom. The highest BCUT2D eigenvalue weighted by Crippen LogP contribution is 2.48. The lowest BCUT2D eigenvalue weighted by Crippen LogP contribution is -2.35. The zero-order valence-corrected chi connectivity index (χ0v) is 9.12. The third-order valence-electron chi connectivity index (χ3n) is 3.64. The van der Waals surface area contributed by atoms with Gasteiger partial charge >= 0.3 is 5.97 Å². The van der Waals surface area contributed by atoms with Gasteiger partial charge in [0.05, 0.1) is 6.42 Å². The standard InChI is InChI=1S/C11H16O4/c1-3-10(7-12)6-11(4-2)8(14-10)5-9(13)15-11/h7-8H,3-6H2,1-2H3/t8-,10?,11-/m1/s1. The molecular formula is C11H16O4. The van der Waals surface area contributed by atoms with Crippen LogP contribution in [0, 0.1) is 0 Å². The van der Waals surface area contributed by atoms with E-state index in [9.17, 15) is 9.59 Å². The summed E-state index contributed by atoms with van der Waals surface area (Å²) >= 11 is 0. The van der Waals surface area contributed by atoms with Crippen LogP contribution in [0.1, 0.15) is 39.5 Å². The Morgan fingerprint density at radius 3 is 2.67 bits per heavy atom. The second kappa shape index (κ2) is 3.30. The first-order valence-corrected chi connectivity index (χ1v) is 5.46. The van der Waals surface area contributed by atoms with E-state index in [4.69, 9.17) is 9.47 Å². The lowest BCUT2D eigenvalue weighted by molar-refractivity contribution is -0.149. The van der Waals surface area contributed by atoms with Crippen LogP contribution in [0.15, 0.2) is 0 Å². The van der Waals surface area contributed by atoms with Gasteiger partial charge in [0.2, 0.25) is 0 Å². The van der Waals surface area contributed by atoms with Crippen molar-refractivity contribution >= 4 is 12.3 Å². The van der Waals surface area contributed by atoms with Crippen molar-refractivity contribution in [1.82, 2.24) is 0 Å². The van der Waals surface area contributed by atoms with Crippen LogP contribution in [0.5, 0.6) is 0 Å². The highest BCUT2D eigenvalue weighted by molar-refractivity contribution is 5.75. The molecule has 4 heteroatoms. The molecule has 2 aliphatic heterocycles. The third kappa shape index (κ3) is 1.39.